The Kier molecular flexibility index (Phi) is 17.9. The van der Waals surface area contributed by atoms with Crippen molar-refractivity contribution in [1.82, 2.24) is 0 Å². The second-order valence-corrected chi connectivity index (χ2v) is 13.2. The maximum atomic E-state index is 10.6. The van der Waals surface area contributed by atoms with Gasteiger partial charge in [0.05, 0.1) is 12.1 Å². The molecule has 0 unspecified atom stereocenters. The van der Waals surface area contributed by atoms with Crippen LogP contribution in [0.3, 0.4) is 0 Å². The number of rotatable bonds is 22. The minimum Gasteiger partial charge on any atom is -0.507 e. The minimum atomic E-state index is 0.0958. The lowest BCUT2D eigenvalue weighted by Gasteiger charge is -2.25. The highest BCUT2D eigenvalue weighted by molar-refractivity contribution is 5.84. The summed E-state index contributed by atoms with van der Waals surface area (Å²) in [6, 6.07) is 12.1. The predicted molar refractivity (Wildman–Crippen MR) is 190 cm³/mol. The van der Waals surface area contributed by atoms with E-state index < -0.39 is 0 Å². The van der Waals surface area contributed by atoms with Gasteiger partial charge in [-0.25, -0.2) is 0 Å². The summed E-state index contributed by atoms with van der Waals surface area (Å²) in [4.78, 5) is 9.90. The van der Waals surface area contributed by atoms with Crippen molar-refractivity contribution in [2.45, 2.75) is 167 Å². The van der Waals surface area contributed by atoms with Gasteiger partial charge in [-0.1, -0.05) is 129 Å². The van der Waals surface area contributed by atoms with Gasteiger partial charge < -0.3 is 10.2 Å². The molecule has 0 bridgehead atoms. The summed E-state index contributed by atoms with van der Waals surface area (Å²) >= 11 is 0. The minimum absolute atomic E-state index is 0.0958. The van der Waals surface area contributed by atoms with E-state index >= 15 is 0 Å². The Morgan fingerprint density at radius 2 is 0.909 bits per heavy atom. The first-order valence-corrected chi connectivity index (χ1v) is 18.3. The molecular weight excluding hydrogens is 540 g/mol. The van der Waals surface area contributed by atoms with Gasteiger partial charge in [0, 0.05) is 23.6 Å². The second kappa shape index (κ2) is 22.0. The van der Waals surface area contributed by atoms with E-state index in [0.29, 0.717) is 11.5 Å². The quantitative estimate of drug-likeness (QED) is 0.104. The third kappa shape index (κ3) is 14.0. The van der Waals surface area contributed by atoms with Crippen molar-refractivity contribution in [2.75, 3.05) is 0 Å². The first-order chi connectivity index (χ1) is 21.6. The number of hydrogen-bond acceptors (Lipinski definition) is 4. The molecule has 4 nitrogen and oxygen atoms in total. The first kappa shape index (κ1) is 35.9. The lowest BCUT2D eigenvalue weighted by atomic mass is 9.91. The van der Waals surface area contributed by atoms with Crippen LogP contribution in [-0.4, -0.2) is 34.7 Å². The molecule has 0 spiro atoms. The summed E-state index contributed by atoms with van der Waals surface area (Å²) in [7, 11) is 0. The molecule has 2 aromatic carbocycles. The van der Waals surface area contributed by atoms with Gasteiger partial charge in [-0.3, -0.25) is 9.98 Å². The molecule has 2 N–H and O–H groups in total. The molecular formula is C40H62N2O2. The number of aliphatic imine (C=N–C) groups is 2. The number of benzene rings is 2. The molecule has 0 heterocycles. The van der Waals surface area contributed by atoms with Crippen LogP contribution < -0.4 is 0 Å². The third-order valence-corrected chi connectivity index (χ3v) is 9.33. The Morgan fingerprint density at radius 1 is 0.545 bits per heavy atom. The molecule has 244 valence electrons. The highest BCUT2D eigenvalue weighted by atomic mass is 16.3. The van der Waals surface area contributed by atoms with Gasteiger partial charge in [0.25, 0.3) is 0 Å². The van der Waals surface area contributed by atoms with Crippen molar-refractivity contribution in [2.24, 2.45) is 9.98 Å². The van der Waals surface area contributed by atoms with Crippen LogP contribution in [0.25, 0.3) is 0 Å². The molecule has 0 saturated heterocycles. The molecule has 0 aromatic heterocycles. The summed E-state index contributed by atoms with van der Waals surface area (Å²) in [6.45, 7) is 4.53. The molecule has 1 saturated carbocycles. The van der Waals surface area contributed by atoms with E-state index in [4.69, 9.17) is 9.98 Å². The lowest BCUT2D eigenvalue weighted by molar-refractivity contribution is 0.390. The highest BCUT2D eigenvalue weighted by Gasteiger charge is 2.23. The van der Waals surface area contributed by atoms with Crippen molar-refractivity contribution in [1.29, 1.82) is 0 Å². The van der Waals surface area contributed by atoms with Crippen LogP contribution in [0.15, 0.2) is 46.4 Å². The van der Waals surface area contributed by atoms with Crippen LogP contribution in [0.5, 0.6) is 11.5 Å². The number of hydrogen-bond donors (Lipinski definition) is 2. The Balaban J connectivity index is 1.49. The average molecular weight is 603 g/mol. The molecule has 0 amide bonds. The largest absolute Gasteiger partial charge is 0.507 e. The second-order valence-electron chi connectivity index (χ2n) is 13.2. The van der Waals surface area contributed by atoms with Crippen LogP contribution in [0.1, 0.15) is 165 Å². The van der Waals surface area contributed by atoms with E-state index in [9.17, 15) is 10.2 Å². The van der Waals surface area contributed by atoms with E-state index in [2.05, 4.69) is 32.0 Å². The molecule has 2 atom stereocenters. The van der Waals surface area contributed by atoms with Crippen molar-refractivity contribution < 1.29 is 10.2 Å². The highest BCUT2D eigenvalue weighted by Crippen LogP contribution is 2.26. The number of aromatic hydroxyl groups is 2. The Bertz CT molecular complexity index is 1110. The lowest BCUT2D eigenvalue weighted by Crippen LogP contribution is -2.27. The van der Waals surface area contributed by atoms with Gasteiger partial charge in [-0.15, -0.1) is 0 Å². The van der Waals surface area contributed by atoms with Gasteiger partial charge in [0.2, 0.25) is 0 Å². The Hall–Kier alpha value is -2.62. The molecule has 44 heavy (non-hydrogen) atoms. The van der Waals surface area contributed by atoms with Gasteiger partial charge in [-0.2, -0.15) is 0 Å². The fraction of sp³-hybridized carbons (Fsp3) is 0.650. The normalized spacial score (nSPS) is 17.2. The summed E-state index contributed by atoms with van der Waals surface area (Å²) in [5.74, 6) is 0.587. The molecule has 4 heteroatoms. The van der Waals surface area contributed by atoms with Crippen molar-refractivity contribution in [3.63, 3.8) is 0 Å². The summed E-state index contributed by atoms with van der Waals surface area (Å²) in [5, 5.41) is 21.1. The molecule has 1 aliphatic rings. The maximum Gasteiger partial charge on any atom is 0.124 e. The van der Waals surface area contributed by atoms with Crippen LogP contribution >= 0.6 is 0 Å². The number of unbranched alkanes of at least 4 members (excludes halogenated alkanes) is 14. The monoisotopic (exact) mass is 602 g/mol. The first-order valence-electron chi connectivity index (χ1n) is 18.3. The van der Waals surface area contributed by atoms with Gasteiger partial charge in [0.1, 0.15) is 11.5 Å². The molecule has 3 rings (SSSR count). The summed E-state index contributed by atoms with van der Waals surface area (Å²) in [5.41, 5.74) is 4.16. The van der Waals surface area contributed by atoms with Gasteiger partial charge in [0.15, 0.2) is 0 Å². The van der Waals surface area contributed by atoms with E-state index in [1.807, 2.05) is 30.6 Å². The molecule has 2 aromatic rings. The maximum absolute atomic E-state index is 10.6. The zero-order chi connectivity index (χ0) is 31.2. The van der Waals surface area contributed by atoms with Crippen molar-refractivity contribution >= 4 is 12.4 Å². The third-order valence-electron chi connectivity index (χ3n) is 9.33. The number of aryl methyl sites for hydroxylation is 2. The summed E-state index contributed by atoms with van der Waals surface area (Å²) < 4.78 is 0. The molecule has 0 radical (unpaired) electrons. The fourth-order valence-corrected chi connectivity index (χ4v) is 6.44. The van der Waals surface area contributed by atoms with E-state index in [1.165, 1.54) is 114 Å². The zero-order valence-electron chi connectivity index (χ0n) is 28.1. The predicted octanol–water partition coefficient (Wildman–Crippen LogP) is 11.3. The number of phenols is 2. The average Bonchev–Trinajstić information content (AvgIpc) is 3.04. The standard InChI is InChI=1S/C40H62N2O2/c1-3-5-7-9-11-12-13-14-16-18-22-34-26-28-40(44)36(30-34)32-42-38-24-20-19-23-37(38)41-31-35-29-33(25-27-39(35)43)21-17-15-10-8-6-4-2/h25-32,37-38,43-44H,3-24H2,1-2H3/t37-,38-/m1/s1. The van der Waals surface area contributed by atoms with Gasteiger partial charge in [-0.05, 0) is 73.9 Å². The van der Waals surface area contributed by atoms with Crippen LogP contribution in [0.4, 0.5) is 0 Å². The van der Waals surface area contributed by atoms with E-state index in [0.717, 1.165) is 49.7 Å². The van der Waals surface area contributed by atoms with Crippen LogP contribution in [0, 0.1) is 0 Å². The number of nitrogens with zero attached hydrogens (tertiary/aromatic N) is 2. The van der Waals surface area contributed by atoms with Gasteiger partial charge >= 0.3 is 0 Å². The van der Waals surface area contributed by atoms with Crippen LogP contribution in [-0.2, 0) is 12.8 Å². The number of phenolic OH excluding ortho intramolecular Hbond substituents is 2. The van der Waals surface area contributed by atoms with E-state index in [-0.39, 0.29) is 12.1 Å². The zero-order valence-corrected chi connectivity index (χ0v) is 28.1. The van der Waals surface area contributed by atoms with Crippen molar-refractivity contribution in [3.05, 3.63) is 58.7 Å². The van der Waals surface area contributed by atoms with E-state index in [1.54, 1.807) is 0 Å². The summed E-state index contributed by atoms with van der Waals surface area (Å²) in [6.07, 6.45) is 31.3. The Labute approximate surface area is 269 Å². The SMILES string of the molecule is CCCCCCCCCCCCc1ccc(O)c(C=N[C@@H]2CCCC[C@H]2N=Cc2cc(CCCCCCCC)ccc2O)c1. The topological polar surface area (TPSA) is 65.2 Å². The molecule has 1 fully saturated rings. The fourth-order valence-electron chi connectivity index (χ4n) is 6.44. The molecule has 0 aliphatic heterocycles. The van der Waals surface area contributed by atoms with Crippen LogP contribution in [0.2, 0.25) is 0 Å². The smallest absolute Gasteiger partial charge is 0.124 e. The Morgan fingerprint density at radius 3 is 1.30 bits per heavy atom. The molecule has 1 aliphatic carbocycles. The van der Waals surface area contributed by atoms with Crippen molar-refractivity contribution in [3.8, 4) is 11.5 Å².